The molecular formula is C20H22N2O4S. The van der Waals surface area contributed by atoms with Crippen molar-refractivity contribution >= 4 is 21.6 Å². The lowest BCUT2D eigenvalue weighted by Gasteiger charge is -2.14. The fourth-order valence-corrected chi connectivity index (χ4v) is 4.64. The molecule has 2 aromatic heterocycles. The lowest BCUT2D eigenvalue weighted by molar-refractivity contribution is 0.0914. The van der Waals surface area contributed by atoms with Gasteiger partial charge in [-0.1, -0.05) is 0 Å². The highest BCUT2D eigenvalue weighted by atomic mass is 32.1. The monoisotopic (exact) mass is 386 g/mol. The Morgan fingerprint density at radius 3 is 2.70 bits per heavy atom. The molecule has 1 aromatic carbocycles. The van der Waals surface area contributed by atoms with Crippen molar-refractivity contribution in [3.8, 4) is 11.5 Å². The largest absolute Gasteiger partial charge is 0.494 e. The first-order chi connectivity index (χ1) is 13.2. The number of ether oxygens (including phenoxy) is 2. The normalized spacial score (nSPS) is 14.3. The third kappa shape index (κ3) is 3.70. The number of fused-ring (bicyclic) bond motifs is 3. The van der Waals surface area contributed by atoms with Gasteiger partial charge < -0.3 is 14.6 Å². The van der Waals surface area contributed by atoms with Crippen LogP contribution >= 0.6 is 11.3 Å². The van der Waals surface area contributed by atoms with E-state index in [1.807, 2.05) is 19.1 Å². The van der Waals surface area contributed by atoms with Crippen LogP contribution < -0.4 is 15.0 Å². The van der Waals surface area contributed by atoms with Crippen LogP contribution in [0, 0.1) is 0 Å². The van der Waals surface area contributed by atoms with Crippen molar-refractivity contribution in [1.29, 1.82) is 0 Å². The summed E-state index contributed by atoms with van der Waals surface area (Å²) in [6, 6.07) is 7.24. The van der Waals surface area contributed by atoms with Gasteiger partial charge in [0.25, 0.3) is 5.56 Å². The molecule has 0 saturated heterocycles. The van der Waals surface area contributed by atoms with Gasteiger partial charge in [-0.3, -0.25) is 9.36 Å². The Bertz CT molecular complexity index is 994. The molecule has 1 aliphatic rings. The summed E-state index contributed by atoms with van der Waals surface area (Å²) in [5.41, 5.74) is 1.08. The van der Waals surface area contributed by atoms with Gasteiger partial charge in [-0.2, -0.15) is 0 Å². The van der Waals surface area contributed by atoms with Gasteiger partial charge in [0.05, 0.1) is 24.9 Å². The molecule has 0 spiro atoms. The van der Waals surface area contributed by atoms with E-state index in [1.54, 1.807) is 23.5 Å². The zero-order valence-electron chi connectivity index (χ0n) is 15.2. The Morgan fingerprint density at radius 2 is 1.96 bits per heavy atom. The van der Waals surface area contributed by atoms with Crippen molar-refractivity contribution in [2.75, 3.05) is 13.2 Å². The molecule has 0 saturated carbocycles. The minimum absolute atomic E-state index is 0.0699. The summed E-state index contributed by atoms with van der Waals surface area (Å²) in [4.78, 5) is 19.3. The zero-order chi connectivity index (χ0) is 18.8. The number of hydrogen-bond donors (Lipinski definition) is 1. The zero-order valence-corrected chi connectivity index (χ0v) is 16.0. The van der Waals surface area contributed by atoms with Crippen molar-refractivity contribution in [1.82, 2.24) is 9.55 Å². The second-order valence-corrected chi connectivity index (χ2v) is 7.69. The van der Waals surface area contributed by atoms with Gasteiger partial charge in [0.2, 0.25) is 0 Å². The Morgan fingerprint density at radius 1 is 1.22 bits per heavy atom. The number of aryl methyl sites for hydroxylation is 2. The molecule has 1 atom stereocenters. The lowest BCUT2D eigenvalue weighted by atomic mass is 10.2. The number of benzene rings is 1. The second kappa shape index (κ2) is 7.70. The standard InChI is InChI=1S/C20H22N2O4S/c1-2-25-14-6-8-15(9-7-14)26-11-13(23)10-22-12-21-19-18(20(22)24)16-4-3-5-17(16)27-19/h6-9,12-13,23H,2-5,10-11H2,1H3/t13-/m1/s1. The van der Waals surface area contributed by atoms with E-state index < -0.39 is 6.10 Å². The maximum absolute atomic E-state index is 12.8. The van der Waals surface area contributed by atoms with E-state index in [0.29, 0.717) is 12.4 Å². The van der Waals surface area contributed by atoms with Crippen LogP contribution in [0.5, 0.6) is 11.5 Å². The third-order valence-corrected chi connectivity index (χ3v) is 5.88. The quantitative estimate of drug-likeness (QED) is 0.676. The maximum Gasteiger partial charge on any atom is 0.262 e. The topological polar surface area (TPSA) is 73.6 Å². The van der Waals surface area contributed by atoms with Crippen LogP contribution in [0.2, 0.25) is 0 Å². The average Bonchev–Trinajstić information content (AvgIpc) is 3.25. The van der Waals surface area contributed by atoms with Crippen LogP contribution in [0.1, 0.15) is 23.8 Å². The Labute approximate surface area is 161 Å². The minimum Gasteiger partial charge on any atom is -0.494 e. The van der Waals surface area contributed by atoms with Crippen molar-refractivity contribution in [2.45, 2.75) is 38.8 Å². The van der Waals surface area contributed by atoms with E-state index in [1.165, 1.54) is 15.8 Å². The van der Waals surface area contributed by atoms with Gasteiger partial charge in [0.15, 0.2) is 0 Å². The maximum atomic E-state index is 12.8. The molecule has 0 bridgehead atoms. The molecule has 27 heavy (non-hydrogen) atoms. The summed E-state index contributed by atoms with van der Waals surface area (Å²) in [6.45, 7) is 2.79. The SMILES string of the molecule is CCOc1ccc(OC[C@H](O)Cn2cnc3sc4c(c3c2=O)CCC4)cc1. The molecule has 4 rings (SSSR count). The van der Waals surface area contributed by atoms with Crippen molar-refractivity contribution < 1.29 is 14.6 Å². The Kier molecular flexibility index (Phi) is 5.13. The number of hydrogen-bond acceptors (Lipinski definition) is 6. The molecule has 0 fully saturated rings. The summed E-state index contributed by atoms with van der Waals surface area (Å²) in [6.07, 6.45) is 3.80. The molecule has 1 aliphatic carbocycles. The Hall–Kier alpha value is -2.38. The van der Waals surface area contributed by atoms with E-state index in [9.17, 15) is 9.90 Å². The van der Waals surface area contributed by atoms with Gasteiger partial charge in [-0.05, 0) is 56.0 Å². The first-order valence-electron chi connectivity index (χ1n) is 9.19. The predicted octanol–water partition coefficient (Wildman–Crippen LogP) is 2.79. The summed E-state index contributed by atoms with van der Waals surface area (Å²) >= 11 is 1.62. The van der Waals surface area contributed by atoms with Crippen molar-refractivity contribution in [3.63, 3.8) is 0 Å². The molecule has 0 aliphatic heterocycles. The molecule has 3 aromatic rings. The Balaban J connectivity index is 1.43. The van der Waals surface area contributed by atoms with Crippen LogP contribution in [0.3, 0.4) is 0 Å². The summed E-state index contributed by atoms with van der Waals surface area (Å²) < 4.78 is 12.5. The van der Waals surface area contributed by atoms with Crippen LogP contribution in [0.4, 0.5) is 0 Å². The fraction of sp³-hybridized carbons (Fsp3) is 0.400. The average molecular weight is 386 g/mol. The highest BCUT2D eigenvalue weighted by Gasteiger charge is 2.21. The lowest BCUT2D eigenvalue weighted by Crippen LogP contribution is -2.30. The molecule has 0 unspecified atom stereocenters. The number of nitrogens with zero attached hydrogens (tertiary/aromatic N) is 2. The van der Waals surface area contributed by atoms with Crippen molar-refractivity contribution in [3.05, 3.63) is 51.4 Å². The number of thiophene rings is 1. The van der Waals surface area contributed by atoms with Gasteiger partial charge in [-0.25, -0.2) is 4.98 Å². The molecule has 0 amide bonds. The molecule has 7 heteroatoms. The fourth-order valence-electron chi connectivity index (χ4n) is 3.42. The minimum atomic E-state index is -0.805. The molecule has 2 heterocycles. The summed E-state index contributed by atoms with van der Waals surface area (Å²) in [5.74, 6) is 1.42. The first-order valence-corrected chi connectivity index (χ1v) is 10.0. The summed E-state index contributed by atoms with van der Waals surface area (Å²) in [5, 5.41) is 11.0. The number of aliphatic hydroxyl groups is 1. The number of aromatic nitrogens is 2. The van der Waals surface area contributed by atoms with Crippen LogP contribution in [-0.2, 0) is 19.4 Å². The smallest absolute Gasteiger partial charge is 0.262 e. The van der Waals surface area contributed by atoms with Gasteiger partial charge in [0, 0.05) is 4.88 Å². The molecule has 1 N–H and O–H groups in total. The van der Waals surface area contributed by atoms with Gasteiger partial charge >= 0.3 is 0 Å². The van der Waals surface area contributed by atoms with Crippen LogP contribution in [0.15, 0.2) is 35.4 Å². The van der Waals surface area contributed by atoms with Gasteiger partial charge in [-0.15, -0.1) is 11.3 Å². The molecule has 142 valence electrons. The molecular weight excluding hydrogens is 364 g/mol. The highest BCUT2D eigenvalue weighted by molar-refractivity contribution is 7.18. The first kappa shape index (κ1) is 18.0. The molecule has 0 radical (unpaired) electrons. The van der Waals surface area contributed by atoms with Crippen molar-refractivity contribution in [2.24, 2.45) is 0 Å². The second-order valence-electron chi connectivity index (χ2n) is 6.61. The van der Waals surface area contributed by atoms with E-state index in [0.717, 1.165) is 40.8 Å². The van der Waals surface area contributed by atoms with Crippen LogP contribution in [-0.4, -0.2) is 34.0 Å². The molecule has 6 nitrogen and oxygen atoms in total. The van der Waals surface area contributed by atoms with Gasteiger partial charge in [0.1, 0.15) is 29.0 Å². The van der Waals surface area contributed by atoms with E-state index in [-0.39, 0.29) is 18.7 Å². The van der Waals surface area contributed by atoms with Crippen LogP contribution in [0.25, 0.3) is 10.2 Å². The number of rotatable bonds is 7. The van der Waals surface area contributed by atoms with E-state index in [2.05, 4.69) is 4.98 Å². The predicted molar refractivity (Wildman–Crippen MR) is 105 cm³/mol. The third-order valence-electron chi connectivity index (χ3n) is 4.68. The highest BCUT2D eigenvalue weighted by Crippen LogP contribution is 2.34. The van der Waals surface area contributed by atoms with E-state index >= 15 is 0 Å². The van der Waals surface area contributed by atoms with E-state index in [4.69, 9.17) is 9.47 Å². The summed E-state index contributed by atoms with van der Waals surface area (Å²) in [7, 11) is 0. The number of aliphatic hydroxyl groups excluding tert-OH is 1.